The molecule has 0 radical (unpaired) electrons. The first-order valence-electron chi connectivity index (χ1n) is 11.2. The van der Waals surface area contributed by atoms with Crippen LogP contribution in [0.3, 0.4) is 0 Å². The van der Waals surface area contributed by atoms with Crippen molar-refractivity contribution in [1.82, 2.24) is 4.90 Å². The number of aryl methyl sites for hydroxylation is 1. The van der Waals surface area contributed by atoms with Gasteiger partial charge < -0.3 is 28.8 Å². The lowest BCUT2D eigenvalue weighted by Gasteiger charge is -2.26. The first-order chi connectivity index (χ1) is 16.6. The largest absolute Gasteiger partial charge is 0.493 e. The number of hydrogen-bond acceptors (Lipinski definition) is 7. The lowest BCUT2D eigenvalue weighted by Crippen LogP contribution is -2.35. The maximum atomic E-state index is 10.8. The molecule has 0 saturated carbocycles. The molecule has 3 aromatic carbocycles. The van der Waals surface area contributed by atoms with Crippen LogP contribution in [0.25, 0.3) is 0 Å². The highest BCUT2D eigenvalue weighted by molar-refractivity contribution is 5.45. The molecule has 1 atom stereocenters. The maximum Gasteiger partial charge on any atom is 0.231 e. The Morgan fingerprint density at radius 1 is 0.853 bits per heavy atom. The average molecular weight is 466 g/mol. The number of ether oxygens (including phenoxy) is 5. The molecule has 4 rings (SSSR count). The summed E-state index contributed by atoms with van der Waals surface area (Å²) in [5.41, 5.74) is 3.15. The van der Waals surface area contributed by atoms with Crippen molar-refractivity contribution in [2.24, 2.45) is 0 Å². The zero-order valence-corrected chi connectivity index (χ0v) is 19.8. The van der Waals surface area contributed by atoms with Crippen LogP contribution in [0.5, 0.6) is 28.7 Å². The van der Waals surface area contributed by atoms with Gasteiger partial charge in [-0.2, -0.15) is 0 Å². The van der Waals surface area contributed by atoms with Gasteiger partial charge in [-0.25, -0.2) is 0 Å². The molecule has 0 spiro atoms. The number of aliphatic hydroxyl groups is 1. The number of fused-ring (bicyclic) bond motifs is 1. The van der Waals surface area contributed by atoms with Gasteiger partial charge in [-0.1, -0.05) is 30.3 Å². The Labute approximate surface area is 200 Å². The highest BCUT2D eigenvalue weighted by Gasteiger charge is 2.18. The smallest absolute Gasteiger partial charge is 0.231 e. The Hall–Kier alpha value is -3.42. The monoisotopic (exact) mass is 465 g/mol. The Balaban J connectivity index is 1.48. The van der Waals surface area contributed by atoms with Gasteiger partial charge in [0.1, 0.15) is 18.5 Å². The van der Waals surface area contributed by atoms with E-state index in [0.717, 1.165) is 33.9 Å². The molecule has 7 nitrogen and oxygen atoms in total. The summed E-state index contributed by atoms with van der Waals surface area (Å²) in [5, 5.41) is 10.8. The predicted octanol–water partition coefficient (Wildman–Crippen LogP) is 4.18. The third kappa shape index (κ3) is 5.92. The molecule has 1 aliphatic heterocycles. The SMILES string of the molecule is COc1ccc(CN(Cc2ccc3c(c2)OCO3)C[C@@H](O)COc2ccccc2C)cc1OC. The van der Waals surface area contributed by atoms with E-state index in [-0.39, 0.29) is 13.4 Å². The Kier molecular flexibility index (Phi) is 7.77. The van der Waals surface area contributed by atoms with E-state index in [9.17, 15) is 5.11 Å². The lowest BCUT2D eigenvalue weighted by molar-refractivity contribution is 0.0626. The molecule has 1 heterocycles. The highest BCUT2D eigenvalue weighted by Crippen LogP contribution is 2.33. The Bertz CT molecular complexity index is 1100. The van der Waals surface area contributed by atoms with Crippen LogP contribution in [0.15, 0.2) is 60.7 Å². The molecule has 3 aromatic rings. The van der Waals surface area contributed by atoms with E-state index in [4.69, 9.17) is 23.7 Å². The minimum Gasteiger partial charge on any atom is -0.493 e. The molecule has 0 amide bonds. The summed E-state index contributed by atoms with van der Waals surface area (Å²) in [5.74, 6) is 3.63. The van der Waals surface area contributed by atoms with Gasteiger partial charge in [-0.3, -0.25) is 4.90 Å². The molecule has 0 saturated heterocycles. The van der Waals surface area contributed by atoms with E-state index < -0.39 is 6.10 Å². The van der Waals surface area contributed by atoms with Crippen molar-refractivity contribution >= 4 is 0 Å². The highest BCUT2D eigenvalue weighted by atomic mass is 16.7. The summed E-state index contributed by atoms with van der Waals surface area (Å²) in [6, 6.07) is 19.6. The first kappa shape index (κ1) is 23.7. The number of rotatable bonds is 11. The van der Waals surface area contributed by atoms with Gasteiger partial charge >= 0.3 is 0 Å². The fraction of sp³-hybridized carbons (Fsp3) is 0.333. The molecular weight excluding hydrogens is 434 g/mol. The topological polar surface area (TPSA) is 69.6 Å². The second kappa shape index (κ2) is 11.1. The Morgan fingerprint density at radius 2 is 1.56 bits per heavy atom. The molecule has 0 unspecified atom stereocenters. The summed E-state index contributed by atoms with van der Waals surface area (Å²) in [6.07, 6.45) is -0.672. The number of aliphatic hydroxyl groups excluding tert-OH is 1. The zero-order chi connectivity index (χ0) is 23.9. The van der Waals surface area contributed by atoms with Gasteiger partial charge in [0.25, 0.3) is 0 Å². The third-order valence-corrected chi connectivity index (χ3v) is 5.69. The standard InChI is InChI=1S/C27H31NO6/c1-19-6-4-5-7-23(19)32-17-22(29)16-28(14-20-8-10-24(30-2)26(12-20)31-3)15-21-9-11-25-27(13-21)34-18-33-25/h4-13,22,29H,14-18H2,1-3H3/t22-/m1/s1. The number of benzene rings is 3. The van der Waals surface area contributed by atoms with Crippen LogP contribution in [0.1, 0.15) is 16.7 Å². The van der Waals surface area contributed by atoms with Crippen LogP contribution in [-0.4, -0.2) is 50.3 Å². The van der Waals surface area contributed by atoms with Crippen LogP contribution in [0.4, 0.5) is 0 Å². The summed E-state index contributed by atoms with van der Waals surface area (Å²) in [4.78, 5) is 2.17. The van der Waals surface area contributed by atoms with Crippen LogP contribution in [-0.2, 0) is 13.1 Å². The normalized spacial score (nSPS) is 13.1. The molecule has 0 bridgehead atoms. The average Bonchev–Trinajstić information content (AvgIpc) is 3.31. The minimum atomic E-state index is -0.672. The van der Waals surface area contributed by atoms with Gasteiger partial charge in [0.05, 0.1) is 14.2 Å². The lowest BCUT2D eigenvalue weighted by atomic mass is 10.1. The molecular formula is C27H31NO6. The molecule has 0 aromatic heterocycles. The zero-order valence-electron chi connectivity index (χ0n) is 19.8. The van der Waals surface area contributed by atoms with Crippen molar-refractivity contribution in [2.45, 2.75) is 26.1 Å². The maximum absolute atomic E-state index is 10.8. The van der Waals surface area contributed by atoms with Gasteiger partial charge in [0, 0.05) is 19.6 Å². The molecule has 1 N–H and O–H groups in total. The summed E-state index contributed by atoms with van der Waals surface area (Å²) >= 11 is 0. The van der Waals surface area contributed by atoms with Crippen LogP contribution < -0.4 is 23.7 Å². The van der Waals surface area contributed by atoms with E-state index in [0.29, 0.717) is 31.1 Å². The number of para-hydroxylation sites is 1. The van der Waals surface area contributed by atoms with Crippen LogP contribution in [0, 0.1) is 6.92 Å². The third-order valence-electron chi connectivity index (χ3n) is 5.69. The van der Waals surface area contributed by atoms with Gasteiger partial charge in [-0.05, 0) is 53.9 Å². The molecule has 180 valence electrons. The van der Waals surface area contributed by atoms with E-state index in [1.165, 1.54) is 0 Å². The molecule has 0 fully saturated rings. The van der Waals surface area contributed by atoms with E-state index >= 15 is 0 Å². The van der Waals surface area contributed by atoms with Crippen molar-refractivity contribution in [3.8, 4) is 28.7 Å². The fourth-order valence-electron chi connectivity index (χ4n) is 3.97. The quantitative estimate of drug-likeness (QED) is 0.456. The van der Waals surface area contributed by atoms with Gasteiger partial charge in [0.2, 0.25) is 6.79 Å². The van der Waals surface area contributed by atoms with Crippen molar-refractivity contribution < 1.29 is 28.8 Å². The number of nitrogens with zero attached hydrogens (tertiary/aromatic N) is 1. The fourth-order valence-corrected chi connectivity index (χ4v) is 3.97. The van der Waals surface area contributed by atoms with Crippen molar-refractivity contribution in [3.05, 3.63) is 77.4 Å². The molecule has 7 heteroatoms. The predicted molar refractivity (Wildman–Crippen MR) is 129 cm³/mol. The van der Waals surface area contributed by atoms with E-state index in [1.54, 1.807) is 14.2 Å². The molecule has 34 heavy (non-hydrogen) atoms. The molecule has 0 aliphatic carbocycles. The number of methoxy groups -OCH3 is 2. The molecule has 1 aliphatic rings. The van der Waals surface area contributed by atoms with Gasteiger partial charge in [0.15, 0.2) is 23.0 Å². The summed E-state index contributed by atoms with van der Waals surface area (Å²) in [7, 11) is 3.24. The van der Waals surface area contributed by atoms with Gasteiger partial charge in [-0.15, -0.1) is 0 Å². The van der Waals surface area contributed by atoms with Crippen molar-refractivity contribution in [3.63, 3.8) is 0 Å². The van der Waals surface area contributed by atoms with Crippen LogP contribution >= 0.6 is 0 Å². The van der Waals surface area contributed by atoms with Crippen molar-refractivity contribution in [2.75, 3.05) is 34.2 Å². The van der Waals surface area contributed by atoms with E-state index in [2.05, 4.69) is 4.90 Å². The minimum absolute atomic E-state index is 0.203. The van der Waals surface area contributed by atoms with Crippen LogP contribution in [0.2, 0.25) is 0 Å². The first-order valence-corrected chi connectivity index (χ1v) is 11.2. The summed E-state index contributed by atoms with van der Waals surface area (Å²) < 4.78 is 27.7. The Morgan fingerprint density at radius 3 is 2.32 bits per heavy atom. The second-order valence-electron chi connectivity index (χ2n) is 8.28. The van der Waals surface area contributed by atoms with Crippen molar-refractivity contribution in [1.29, 1.82) is 0 Å². The second-order valence-corrected chi connectivity index (χ2v) is 8.28. The van der Waals surface area contributed by atoms with E-state index in [1.807, 2.05) is 67.6 Å². The number of hydrogen-bond donors (Lipinski definition) is 1. The summed E-state index contributed by atoms with van der Waals surface area (Å²) in [6.45, 7) is 4.08.